The highest BCUT2D eigenvalue weighted by Crippen LogP contribution is 2.39. The zero-order valence-electron chi connectivity index (χ0n) is 21.1. The number of hydrogen-bond donors (Lipinski definition) is 0. The van der Waals surface area contributed by atoms with Crippen molar-refractivity contribution >= 4 is 16.8 Å². The van der Waals surface area contributed by atoms with Crippen LogP contribution in [0.25, 0.3) is 22.2 Å². The first-order chi connectivity index (χ1) is 17.5. The van der Waals surface area contributed by atoms with Crippen LogP contribution >= 0.6 is 0 Å². The van der Waals surface area contributed by atoms with Gasteiger partial charge in [-0.25, -0.2) is 4.98 Å². The lowest BCUT2D eigenvalue weighted by Crippen LogP contribution is -2.33. The van der Waals surface area contributed by atoms with Gasteiger partial charge in [0, 0.05) is 42.2 Å². The second kappa shape index (κ2) is 9.89. The fraction of sp³-hybridized carbons (Fsp3) is 0.321. The summed E-state index contributed by atoms with van der Waals surface area (Å²) in [5.41, 5.74) is 5.45. The van der Waals surface area contributed by atoms with Gasteiger partial charge in [0.25, 0.3) is 0 Å². The summed E-state index contributed by atoms with van der Waals surface area (Å²) in [4.78, 5) is 19.9. The van der Waals surface area contributed by atoms with Gasteiger partial charge >= 0.3 is 0 Å². The molecule has 1 aliphatic heterocycles. The molecule has 3 heterocycles. The summed E-state index contributed by atoms with van der Waals surface area (Å²) < 4.78 is 19.1. The number of carbonyl (C=O) groups excluding carboxylic acids is 1. The molecule has 0 radical (unpaired) electrons. The van der Waals surface area contributed by atoms with Gasteiger partial charge in [-0.3, -0.25) is 9.48 Å². The summed E-state index contributed by atoms with van der Waals surface area (Å²) in [6.45, 7) is 5.90. The summed E-state index contributed by atoms with van der Waals surface area (Å²) in [6, 6.07) is 13.9. The monoisotopic (exact) mass is 486 g/mol. The molecule has 0 bridgehead atoms. The first kappa shape index (κ1) is 23.7. The minimum Gasteiger partial charge on any atom is -0.494 e. The molecular weight excluding hydrogens is 456 g/mol. The number of amides is 1. The van der Waals surface area contributed by atoms with Crippen molar-refractivity contribution in [2.75, 3.05) is 27.4 Å². The van der Waals surface area contributed by atoms with Crippen molar-refractivity contribution in [3.05, 3.63) is 65.5 Å². The van der Waals surface area contributed by atoms with Crippen molar-refractivity contribution < 1.29 is 19.0 Å². The standard InChI is InChI=1S/C28H30N4O4/c1-18-14-23(29-27-22(18)6-5-7-24(27)34-3)20-15-21-17-31(12-13-36-28(21)25(16-20)35-4)26(33)9-11-32-10-8-19(2)30-32/h5-8,10,14-16H,9,11-13,17H2,1-4H3. The number of nitrogens with zero attached hydrogens (tertiary/aromatic N) is 4. The van der Waals surface area contributed by atoms with Crippen LogP contribution in [0.5, 0.6) is 17.2 Å². The van der Waals surface area contributed by atoms with E-state index in [0.717, 1.165) is 44.7 Å². The maximum Gasteiger partial charge on any atom is 0.224 e. The maximum atomic E-state index is 13.1. The number of rotatable bonds is 6. The van der Waals surface area contributed by atoms with Crippen LogP contribution in [0, 0.1) is 13.8 Å². The minimum absolute atomic E-state index is 0.0633. The SMILES string of the molecule is COc1cc(-c2cc(C)c3cccc(OC)c3n2)cc2c1OCCN(C(=O)CCn1ccc(C)n1)C2. The third-order valence-corrected chi connectivity index (χ3v) is 6.53. The molecule has 2 aromatic heterocycles. The van der Waals surface area contributed by atoms with E-state index in [1.165, 1.54) is 0 Å². The van der Waals surface area contributed by atoms with Gasteiger partial charge in [0.05, 0.1) is 32.2 Å². The zero-order valence-corrected chi connectivity index (χ0v) is 21.1. The number of ether oxygens (including phenoxy) is 3. The molecule has 0 spiro atoms. The topological polar surface area (TPSA) is 78.7 Å². The van der Waals surface area contributed by atoms with Crippen LogP contribution < -0.4 is 14.2 Å². The van der Waals surface area contributed by atoms with Gasteiger partial charge < -0.3 is 19.1 Å². The molecule has 0 saturated heterocycles. The van der Waals surface area contributed by atoms with Gasteiger partial charge in [0.15, 0.2) is 11.5 Å². The number of methoxy groups -OCH3 is 2. The molecule has 0 N–H and O–H groups in total. The predicted molar refractivity (Wildman–Crippen MR) is 138 cm³/mol. The van der Waals surface area contributed by atoms with Gasteiger partial charge in [-0.05, 0) is 49.7 Å². The average Bonchev–Trinajstić information content (AvgIpc) is 3.18. The van der Waals surface area contributed by atoms with E-state index in [4.69, 9.17) is 19.2 Å². The van der Waals surface area contributed by atoms with Crippen LogP contribution in [0.15, 0.2) is 48.7 Å². The number of pyridine rings is 1. The van der Waals surface area contributed by atoms with E-state index in [9.17, 15) is 4.79 Å². The van der Waals surface area contributed by atoms with Crippen molar-refractivity contribution in [3.8, 4) is 28.5 Å². The number of carbonyl (C=O) groups is 1. The summed E-state index contributed by atoms with van der Waals surface area (Å²) in [7, 11) is 3.28. The molecule has 0 fully saturated rings. The summed E-state index contributed by atoms with van der Waals surface area (Å²) >= 11 is 0. The fourth-order valence-electron chi connectivity index (χ4n) is 4.66. The smallest absolute Gasteiger partial charge is 0.224 e. The molecule has 0 unspecified atom stereocenters. The Labute approximate surface area is 210 Å². The Kier molecular flexibility index (Phi) is 6.50. The molecule has 0 aliphatic carbocycles. The average molecular weight is 487 g/mol. The fourth-order valence-corrected chi connectivity index (χ4v) is 4.66. The Morgan fingerprint density at radius 3 is 2.67 bits per heavy atom. The largest absolute Gasteiger partial charge is 0.494 e. The Bertz CT molecular complexity index is 1430. The van der Waals surface area contributed by atoms with Gasteiger partial charge in [0.2, 0.25) is 5.91 Å². The van der Waals surface area contributed by atoms with Crippen molar-refractivity contribution in [2.45, 2.75) is 33.4 Å². The predicted octanol–water partition coefficient (Wildman–Crippen LogP) is 4.54. The van der Waals surface area contributed by atoms with E-state index in [1.54, 1.807) is 18.9 Å². The molecule has 1 aliphatic rings. The van der Waals surface area contributed by atoms with Gasteiger partial charge in [-0.2, -0.15) is 5.10 Å². The highest BCUT2D eigenvalue weighted by molar-refractivity contribution is 5.89. The molecule has 8 heteroatoms. The number of para-hydroxylation sites is 1. The minimum atomic E-state index is 0.0633. The van der Waals surface area contributed by atoms with Crippen molar-refractivity contribution in [1.29, 1.82) is 0 Å². The van der Waals surface area contributed by atoms with Crippen LogP contribution in [0.3, 0.4) is 0 Å². The van der Waals surface area contributed by atoms with Gasteiger partial charge in [0.1, 0.15) is 17.9 Å². The molecule has 8 nitrogen and oxygen atoms in total. The van der Waals surface area contributed by atoms with E-state index in [2.05, 4.69) is 18.1 Å². The number of benzene rings is 2. The highest BCUT2D eigenvalue weighted by atomic mass is 16.5. The third kappa shape index (κ3) is 4.58. The van der Waals surface area contributed by atoms with E-state index < -0.39 is 0 Å². The van der Waals surface area contributed by atoms with E-state index >= 15 is 0 Å². The second-order valence-electron chi connectivity index (χ2n) is 8.98. The van der Waals surface area contributed by atoms with E-state index in [1.807, 2.05) is 54.4 Å². The normalized spacial score (nSPS) is 13.2. The van der Waals surface area contributed by atoms with Gasteiger partial charge in [-0.1, -0.05) is 12.1 Å². The summed E-state index contributed by atoms with van der Waals surface area (Å²) in [6.07, 6.45) is 2.27. The number of aromatic nitrogens is 3. The Balaban J connectivity index is 1.47. The lowest BCUT2D eigenvalue weighted by atomic mass is 10.0. The molecule has 186 valence electrons. The molecule has 1 amide bonds. The zero-order chi connectivity index (χ0) is 25.2. The van der Waals surface area contributed by atoms with E-state index in [0.29, 0.717) is 44.2 Å². The van der Waals surface area contributed by atoms with Crippen molar-refractivity contribution in [1.82, 2.24) is 19.7 Å². The Hall–Kier alpha value is -4.07. The highest BCUT2D eigenvalue weighted by Gasteiger charge is 2.24. The third-order valence-electron chi connectivity index (χ3n) is 6.53. The molecule has 0 atom stereocenters. The molecule has 0 saturated carbocycles. The Morgan fingerprint density at radius 2 is 1.92 bits per heavy atom. The van der Waals surface area contributed by atoms with Crippen LogP contribution in [-0.4, -0.2) is 52.9 Å². The molecular formula is C28H30N4O4. The van der Waals surface area contributed by atoms with Crippen LogP contribution in [0.4, 0.5) is 0 Å². The first-order valence-electron chi connectivity index (χ1n) is 12.0. The summed E-state index contributed by atoms with van der Waals surface area (Å²) in [5, 5.41) is 5.43. The number of hydrogen-bond acceptors (Lipinski definition) is 6. The van der Waals surface area contributed by atoms with Crippen LogP contribution in [0.1, 0.15) is 23.2 Å². The summed E-state index contributed by atoms with van der Waals surface area (Å²) in [5.74, 6) is 2.10. The van der Waals surface area contributed by atoms with Crippen LogP contribution in [0.2, 0.25) is 0 Å². The van der Waals surface area contributed by atoms with Crippen LogP contribution in [-0.2, 0) is 17.9 Å². The van der Waals surface area contributed by atoms with E-state index in [-0.39, 0.29) is 5.91 Å². The maximum absolute atomic E-state index is 13.1. The Morgan fingerprint density at radius 1 is 1.08 bits per heavy atom. The lowest BCUT2D eigenvalue weighted by Gasteiger charge is -2.20. The molecule has 36 heavy (non-hydrogen) atoms. The quantitative estimate of drug-likeness (QED) is 0.398. The number of aryl methyl sites for hydroxylation is 3. The number of fused-ring (bicyclic) bond motifs is 2. The second-order valence-corrected chi connectivity index (χ2v) is 8.98. The first-order valence-corrected chi connectivity index (χ1v) is 12.0. The lowest BCUT2D eigenvalue weighted by molar-refractivity contribution is -0.132. The van der Waals surface area contributed by atoms with Gasteiger partial charge in [-0.15, -0.1) is 0 Å². The molecule has 2 aromatic carbocycles. The van der Waals surface area contributed by atoms with Crippen molar-refractivity contribution in [3.63, 3.8) is 0 Å². The molecule has 4 aromatic rings. The van der Waals surface area contributed by atoms with Crippen molar-refractivity contribution in [2.24, 2.45) is 0 Å². The molecule has 5 rings (SSSR count).